The number of aryl methyl sites for hydroxylation is 1. The third-order valence-corrected chi connectivity index (χ3v) is 5.74. The van der Waals surface area contributed by atoms with Crippen LogP contribution in [0.3, 0.4) is 0 Å². The molecule has 0 bridgehead atoms. The molecule has 0 saturated carbocycles. The molecule has 2 aromatic rings. The molecule has 1 saturated heterocycles. The molecule has 1 aromatic heterocycles. The van der Waals surface area contributed by atoms with E-state index in [9.17, 15) is 9.59 Å². The van der Waals surface area contributed by atoms with Crippen LogP contribution < -0.4 is 10.6 Å². The Labute approximate surface area is 169 Å². The summed E-state index contributed by atoms with van der Waals surface area (Å²) in [5.74, 6) is 1.05. The zero-order valence-corrected chi connectivity index (χ0v) is 17.0. The highest BCUT2D eigenvalue weighted by atomic mass is 32.2. The van der Waals surface area contributed by atoms with Gasteiger partial charge >= 0.3 is 0 Å². The van der Waals surface area contributed by atoms with Gasteiger partial charge in [0.1, 0.15) is 5.76 Å². The van der Waals surface area contributed by atoms with Crippen LogP contribution >= 0.6 is 11.8 Å². The highest BCUT2D eigenvalue weighted by molar-refractivity contribution is 8.01. The maximum absolute atomic E-state index is 12.2. The number of carbonyl (C=O) groups is 2. The summed E-state index contributed by atoms with van der Waals surface area (Å²) in [6.07, 6.45) is 0.949. The maximum Gasteiger partial charge on any atom is 0.238 e. The average molecular weight is 403 g/mol. The third kappa shape index (κ3) is 6.10. The molecule has 0 spiro atoms. The highest BCUT2D eigenvalue weighted by Crippen LogP contribution is 2.16. The van der Waals surface area contributed by atoms with Gasteiger partial charge < -0.3 is 15.2 Å². The number of carbonyl (C=O) groups excluding carboxylic acids is 2. The van der Waals surface area contributed by atoms with E-state index in [4.69, 9.17) is 4.52 Å². The molecular formula is C20H26N4O3S. The van der Waals surface area contributed by atoms with E-state index in [1.165, 1.54) is 17.3 Å². The summed E-state index contributed by atoms with van der Waals surface area (Å²) in [6.45, 7) is 6.27. The van der Waals surface area contributed by atoms with Crippen molar-refractivity contribution < 1.29 is 14.1 Å². The number of hydrogen-bond acceptors (Lipinski definition) is 6. The van der Waals surface area contributed by atoms with Crippen molar-refractivity contribution in [1.82, 2.24) is 15.4 Å². The quantitative estimate of drug-likeness (QED) is 0.705. The van der Waals surface area contributed by atoms with Gasteiger partial charge in [-0.2, -0.15) is 0 Å². The number of aromatic nitrogens is 1. The molecule has 1 aromatic carbocycles. The van der Waals surface area contributed by atoms with Crippen molar-refractivity contribution in [3.63, 3.8) is 0 Å². The Hall–Kier alpha value is -2.32. The van der Waals surface area contributed by atoms with E-state index in [2.05, 4.69) is 32.8 Å². The second kappa shape index (κ2) is 9.75. The van der Waals surface area contributed by atoms with E-state index in [1.54, 1.807) is 19.9 Å². The Morgan fingerprint density at radius 2 is 2.14 bits per heavy atom. The molecule has 1 aliphatic rings. The van der Waals surface area contributed by atoms with Gasteiger partial charge in [-0.3, -0.25) is 14.5 Å². The molecular weight excluding hydrogens is 376 g/mol. The van der Waals surface area contributed by atoms with E-state index < -0.39 is 0 Å². The molecule has 2 amide bonds. The lowest BCUT2D eigenvalue weighted by Gasteiger charge is -2.17. The molecule has 2 N–H and O–H groups in total. The standard InChI is InChI=1S/C20H26N4O3S/c1-14-10-18(23-27-14)22-20(26)15(2)28-13-19(25)21-17-8-9-24(12-17)11-16-6-4-3-5-7-16/h3-7,10,15,17H,8-9,11-13H2,1-2H3,(H,21,25)(H,22,23,26). The van der Waals surface area contributed by atoms with Crippen LogP contribution in [0.15, 0.2) is 40.9 Å². The number of likely N-dealkylation sites (tertiary alicyclic amines) is 1. The van der Waals surface area contributed by atoms with Crippen molar-refractivity contribution in [2.75, 3.05) is 24.2 Å². The second-order valence-corrected chi connectivity index (χ2v) is 8.37. The first-order valence-corrected chi connectivity index (χ1v) is 10.5. The second-order valence-electron chi connectivity index (χ2n) is 7.04. The molecule has 8 heteroatoms. The minimum Gasteiger partial charge on any atom is -0.360 e. The summed E-state index contributed by atoms with van der Waals surface area (Å²) >= 11 is 1.31. The van der Waals surface area contributed by atoms with Gasteiger partial charge in [-0.15, -0.1) is 11.8 Å². The number of nitrogens with zero attached hydrogens (tertiary/aromatic N) is 2. The van der Waals surface area contributed by atoms with Crippen molar-refractivity contribution in [2.45, 2.75) is 38.1 Å². The summed E-state index contributed by atoms with van der Waals surface area (Å²) in [4.78, 5) is 26.7. The first-order valence-electron chi connectivity index (χ1n) is 9.41. The van der Waals surface area contributed by atoms with Crippen LogP contribution in [0.5, 0.6) is 0 Å². The van der Waals surface area contributed by atoms with Crippen LogP contribution in [-0.2, 0) is 16.1 Å². The van der Waals surface area contributed by atoms with Gasteiger partial charge in [0.2, 0.25) is 11.8 Å². The maximum atomic E-state index is 12.2. The summed E-state index contributed by atoms with van der Waals surface area (Å²) < 4.78 is 4.92. The first kappa shape index (κ1) is 20.4. The average Bonchev–Trinajstić information content (AvgIpc) is 3.29. The van der Waals surface area contributed by atoms with Gasteiger partial charge in [-0.1, -0.05) is 35.5 Å². The van der Waals surface area contributed by atoms with Gasteiger partial charge in [0, 0.05) is 31.7 Å². The number of hydrogen-bond donors (Lipinski definition) is 2. The summed E-state index contributed by atoms with van der Waals surface area (Å²) in [5, 5.41) is 9.15. The fourth-order valence-electron chi connectivity index (χ4n) is 3.13. The van der Waals surface area contributed by atoms with Crippen molar-refractivity contribution in [1.29, 1.82) is 0 Å². The fraction of sp³-hybridized carbons (Fsp3) is 0.450. The third-order valence-electron chi connectivity index (χ3n) is 4.60. The van der Waals surface area contributed by atoms with E-state index in [0.717, 1.165) is 26.1 Å². The molecule has 28 heavy (non-hydrogen) atoms. The Morgan fingerprint density at radius 1 is 1.36 bits per heavy atom. The topological polar surface area (TPSA) is 87.5 Å². The number of nitrogens with one attached hydrogen (secondary N) is 2. The molecule has 2 unspecified atom stereocenters. The van der Waals surface area contributed by atoms with E-state index in [1.807, 2.05) is 18.2 Å². The van der Waals surface area contributed by atoms with Crippen molar-refractivity contribution >= 4 is 29.4 Å². The lowest BCUT2D eigenvalue weighted by molar-refractivity contribution is -0.119. The van der Waals surface area contributed by atoms with Crippen LogP contribution in [-0.4, -0.2) is 52.0 Å². The summed E-state index contributed by atoms with van der Waals surface area (Å²) in [6, 6.07) is 12.2. The van der Waals surface area contributed by atoms with Gasteiger partial charge in [0.05, 0.1) is 11.0 Å². The largest absolute Gasteiger partial charge is 0.360 e. The van der Waals surface area contributed by atoms with Crippen molar-refractivity contribution in [3.05, 3.63) is 47.7 Å². The SMILES string of the molecule is Cc1cc(NC(=O)C(C)SCC(=O)NC2CCN(Cc3ccccc3)C2)no1. The predicted octanol–water partition coefficient (Wildman–Crippen LogP) is 2.43. The number of amides is 2. The number of anilines is 1. The van der Waals surface area contributed by atoms with Crippen LogP contribution in [0, 0.1) is 6.92 Å². The zero-order valence-electron chi connectivity index (χ0n) is 16.2. The van der Waals surface area contributed by atoms with Crippen LogP contribution in [0.4, 0.5) is 5.82 Å². The summed E-state index contributed by atoms with van der Waals surface area (Å²) in [5.41, 5.74) is 1.28. The zero-order chi connectivity index (χ0) is 19.9. The van der Waals surface area contributed by atoms with Gasteiger partial charge in [-0.25, -0.2) is 0 Å². The minimum atomic E-state index is -0.360. The monoisotopic (exact) mass is 402 g/mol. The fourth-order valence-corrected chi connectivity index (χ4v) is 3.83. The van der Waals surface area contributed by atoms with E-state index in [0.29, 0.717) is 11.6 Å². The van der Waals surface area contributed by atoms with Gasteiger partial charge in [0.25, 0.3) is 0 Å². The van der Waals surface area contributed by atoms with Crippen molar-refractivity contribution in [2.24, 2.45) is 0 Å². The molecule has 2 atom stereocenters. The molecule has 1 fully saturated rings. The molecule has 2 heterocycles. The molecule has 0 radical (unpaired) electrons. The van der Waals surface area contributed by atoms with Gasteiger partial charge in [-0.05, 0) is 25.8 Å². The Balaban J connectivity index is 1.35. The van der Waals surface area contributed by atoms with Crippen LogP contribution in [0.2, 0.25) is 0 Å². The minimum absolute atomic E-state index is 0.0338. The summed E-state index contributed by atoms with van der Waals surface area (Å²) in [7, 11) is 0. The normalized spacial score (nSPS) is 18.0. The Bertz CT molecular complexity index is 796. The number of thioether (sulfide) groups is 1. The first-order chi connectivity index (χ1) is 13.5. The van der Waals surface area contributed by atoms with Crippen molar-refractivity contribution in [3.8, 4) is 0 Å². The van der Waals surface area contributed by atoms with Gasteiger partial charge in [0.15, 0.2) is 5.82 Å². The Morgan fingerprint density at radius 3 is 2.86 bits per heavy atom. The lowest BCUT2D eigenvalue weighted by Crippen LogP contribution is -2.38. The lowest BCUT2D eigenvalue weighted by atomic mass is 10.2. The van der Waals surface area contributed by atoms with Crippen LogP contribution in [0.25, 0.3) is 0 Å². The number of benzene rings is 1. The molecule has 150 valence electrons. The molecule has 1 aliphatic heterocycles. The molecule has 3 rings (SSSR count). The van der Waals surface area contributed by atoms with E-state index >= 15 is 0 Å². The highest BCUT2D eigenvalue weighted by Gasteiger charge is 2.24. The molecule has 7 nitrogen and oxygen atoms in total. The molecule has 0 aliphatic carbocycles. The number of rotatable bonds is 8. The Kier molecular flexibility index (Phi) is 7.11. The predicted molar refractivity (Wildman–Crippen MR) is 110 cm³/mol. The van der Waals surface area contributed by atoms with Crippen LogP contribution in [0.1, 0.15) is 24.7 Å². The van der Waals surface area contributed by atoms with E-state index in [-0.39, 0.29) is 28.9 Å². The smallest absolute Gasteiger partial charge is 0.238 e.